The van der Waals surface area contributed by atoms with Crippen molar-refractivity contribution in [3.63, 3.8) is 0 Å². The van der Waals surface area contributed by atoms with Crippen molar-refractivity contribution in [1.29, 1.82) is 0 Å². The number of nitrogens with one attached hydrogen (secondary N) is 1. The first-order valence-corrected chi connectivity index (χ1v) is 6.86. The van der Waals surface area contributed by atoms with E-state index in [1.165, 1.54) is 0 Å². The summed E-state index contributed by atoms with van der Waals surface area (Å²) in [5, 5.41) is 4.46. The molecule has 3 nitrogen and oxygen atoms in total. The van der Waals surface area contributed by atoms with Crippen LogP contribution in [-0.4, -0.2) is 9.97 Å². The van der Waals surface area contributed by atoms with Gasteiger partial charge < -0.3 is 5.32 Å². The normalized spacial score (nSPS) is 10.7. The molecule has 0 unspecified atom stereocenters. The third-order valence-electron chi connectivity index (χ3n) is 2.95. The average Bonchev–Trinajstić information content (AvgIpc) is 2.48. The maximum Gasteiger partial charge on any atom is 0.0907 e. The summed E-state index contributed by atoms with van der Waals surface area (Å²) < 4.78 is 0. The van der Waals surface area contributed by atoms with Crippen molar-refractivity contribution in [3.8, 4) is 0 Å². The van der Waals surface area contributed by atoms with Crippen molar-refractivity contribution in [2.45, 2.75) is 6.54 Å². The van der Waals surface area contributed by atoms with Crippen LogP contribution < -0.4 is 5.32 Å². The quantitative estimate of drug-likeness (QED) is 0.771. The van der Waals surface area contributed by atoms with Crippen LogP contribution in [0.2, 0.25) is 10.0 Å². The van der Waals surface area contributed by atoms with Gasteiger partial charge in [0.2, 0.25) is 0 Å². The Morgan fingerprint density at radius 1 is 0.850 bits per heavy atom. The second kappa shape index (κ2) is 5.65. The van der Waals surface area contributed by atoms with E-state index in [0.29, 0.717) is 16.6 Å². The molecule has 2 aromatic carbocycles. The lowest BCUT2D eigenvalue weighted by atomic mass is 10.2. The average molecular weight is 304 g/mol. The molecule has 0 atom stereocenters. The number of anilines is 1. The molecular formula is C15H11Cl2N3. The van der Waals surface area contributed by atoms with Crippen molar-refractivity contribution >= 4 is 39.9 Å². The van der Waals surface area contributed by atoms with Gasteiger partial charge in [0.15, 0.2) is 0 Å². The first-order chi connectivity index (χ1) is 9.72. The minimum Gasteiger partial charge on any atom is -0.381 e. The van der Waals surface area contributed by atoms with E-state index < -0.39 is 0 Å². The molecule has 0 saturated heterocycles. The molecule has 0 aliphatic carbocycles. The summed E-state index contributed by atoms with van der Waals surface area (Å²) in [5.41, 5.74) is 3.81. The molecule has 0 amide bonds. The van der Waals surface area contributed by atoms with Gasteiger partial charge in [-0.25, -0.2) is 0 Å². The van der Waals surface area contributed by atoms with E-state index in [2.05, 4.69) is 15.3 Å². The predicted octanol–water partition coefficient (Wildman–Crippen LogP) is 4.55. The summed E-state index contributed by atoms with van der Waals surface area (Å²) >= 11 is 11.9. The number of hydrogen-bond donors (Lipinski definition) is 1. The summed E-state index contributed by atoms with van der Waals surface area (Å²) in [7, 11) is 0. The van der Waals surface area contributed by atoms with Crippen molar-refractivity contribution in [1.82, 2.24) is 9.97 Å². The van der Waals surface area contributed by atoms with Crippen LogP contribution in [0.3, 0.4) is 0 Å². The molecule has 0 bridgehead atoms. The molecule has 0 aliphatic rings. The van der Waals surface area contributed by atoms with Crippen molar-refractivity contribution < 1.29 is 0 Å². The molecule has 20 heavy (non-hydrogen) atoms. The Morgan fingerprint density at radius 2 is 1.65 bits per heavy atom. The fraction of sp³-hybridized carbons (Fsp3) is 0.0667. The Bertz CT molecular complexity index is 759. The number of aromatic nitrogens is 2. The second-order valence-electron chi connectivity index (χ2n) is 4.36. The summed E-state index contributed by atoms with van der Waals surface area (Å²) in [6, 6.07) is 11.5. The second-order valence-corrected chi connectivity index (χ2v) is 5.18. The maximum atomic E-state index is 6.00. The topological polar surface area (TPSA) is 37.8 Å². The third kappa shape index (κ3) is 2.84. The molecule has 0 saturated carbocycles. The first-order valence-electron chi connectivity index (χ1n) is 6.11. The van der Waals surface area contributed by atoms with E-state index in [-0.39, 0.29) is 0 Å². The van der Waals surface area contributed by atoms with Gasteiger partial charge in [-0.1, -0.05) is 29.3 Å². The van der Waals surface area contributed by atoms with Crippen LogP contribution in [0.25, 0.3) is 11.0 Å². The largest absolute Gasteiger partial charge is 0.381 e. The lowest BCUT2D eigenvalue weighted by Crippen LogP contribution is -1.99. The van der Waals surface area contributed by atoms with Gasteiger partial charge in [0.1, 0.15) is 0 Å². The molecule has 0 spiro atoms. The number of nitrogens with zero attached hydrogens (tertiary/aromatic N) is 2. The zero-order chi connectivity index (χ0) is 13.9. The lowest BCUT2D eigenvalue weighted by Gasteiger charge is -2.08. The van der Waals surface area contributed by atoms with E-state index in [1.54, 1.807) is 18.5 Å². The molecule has 1 aromatic heterocycles. The highest BCUT2D eigenvalue weighted by molar-refractivity contribution is 6.42. The van der Waals surface area contributed by atoms with Gasteiger partial charge in [0, 0.05) is 24.6 Å². The molecule has 1 heterocycles. The molecule has 0 fully saturated rings. The van der Waals surface area contributed by atoms with Crippen LogP contribution in [-0.2, 0) is 6.54 Å². The summed E-state index contributed by atoms with van der Waals surface area (Å²) in [5.74, 6) is 0. The highest BCUT2D eigenvalue weighted by Crippen LogP contribution is 2.23. The molecule has 0 aliphatic heterocycles. The van der Waals surface area contributed by atoms with Crippen LogP contribution >= 0.6 is 23.2 Å². The molecule has 1 N–H and O–H groups in total. The van der Waals surface area contributed by atoms with Crippen LogP contribution in [0.4, 0.5) is 5.69 Å². The Morgan fingerprint density at radius 3 is 2.45 bits per heavy atom. The predicted molar refractivity (Wildman–Crippen MR) is 83.3 cm³/mol. The van der Waals surface area contributed by atoms with Crippen molar-refractivity contribution in [2.75, 3.05) is 5.32 Å². The molecular weight excluding hydrogens is 293 g/mol. The van der Waals surface area contributed by atoms with E-state index in [4.69, 9.17) is 23.2 Å². The Hall–Kier alpha value is -1.84. The molecule has 3 aromatic rings. The van der Waals surface area contributed by atoms with E-state index in [0.717, 1.165) is 22.3 Å². The fourth-order valence-electron chi connectivity index (χ4n) is 1.93. The lowest BCUT2D eigenvalue weighted by molar-refractivity contribution is 1.15. The first kappa shape index (κ1) is 13.2. The highest BCUT2D eigenvalue weighted by Gasteiger charge is 2.01. The van der Waals surface area contributed by atoms with E-state index in [9.17, 15) is 0 Å². The van der Waals surface area contributed by atoms with Crippen LogP contribution in [0.1, 0.15) is 5.56 Å². The van der Waals surface area contributed by atoms with Gasteiger partial charge in [0.05, 0.1) is 21.1 Å². The van der Waals surface area contributed by atoms with Gasteiger partial charge in [0.25, 0.3) is 0 Å². The number of benzene rings is 2. The van der Waals surface area contributed by atoms with Gasteiger partial charge in [-0.15, -0.1) is 0 Å². The Kier molecular flexibility index (Phi) is 3.72. The summed E-state index contributed by atoms with van der Waals surface area (Å²) in [4.78, 5) is 8.52. The number of halogens is 2. The SMILES string of the molecule is Clc1ccc(CNc2ccc3nccnc3c2)cc1Cl. The molecule has 5 heteroatoms. The smallest absolute Gasteiger partial charge is 0.0907 e. The van der Waals surface area contributed by atoms with Crippen LogP contribution in [0.15, 0.2) is 48.8 Å². The summed E-state index contributed by atoms with van der Waals surface area (Å²) in [6.07, 6.45) is 3.37. The minimum atomic E-state index is 0.565. The minimum absolute atomic E-state index is 0.565. The number of rotatable bonds is 3. The standard InChI is InChI=1S/C15H11Cl2N3/c16-12-3-1-10(7-13(12)17)9-20-11-2-4-14-15(8-11)19-6-5-18-14/h1-8,20H,9H2. The molecule has 3 rings (SSSR count). The van der Waals surface area contributed by atoms with Crippen molar-refractivity contribution in [3.05, 3.63) is 64.4 Å². The van der Waals surface area contributed by atoms with Gasteiger partial charge in [-0.3, -0.25) is 9.97 Å². The van der Waals surface area contributed by atoms with Gasteiger partial charge in [-0.2, -0.15) is 0 Å². The van der Waals surface area contributed by atoms with E-state index >= 15 is 0 Å². The molecule has 0 radical (unpaired) electrons. The molecule has 100 valence electrons. The summed E-state index contributed by atoms with van der Waals surface area (Å²) in [6.45, 7) is 0.669. The van der Waals surface area contributed by atoms with E-state index in [1.807, 2.05) is 30.3 Å². The fourth-order valence-corrected chi connectivity index (χ4v) is 2.25. The zero-order valence-electron chi connectivity index (χ0n) is 10.5. The zero-order valence-corrected chi connectivity index (χ0v) is 12.0. The highest BCUT2D eigenvalue weighted by atomic mass is 35.5. The maximum absolute atomic E-state index is 6.00. The van der Waals surface area contributed by atoms with Crippen LogP contribution in [0, 0.1) is 0 Å². The van der Waals surface area contributed by atoms with Gasteiger partial charge in [-0.05, 0) is 35.9 Å². The van der Waals surface area contributed by atoms with Crippen LogP contribution in [0.5, 0.6) is 0 Å². The van der Waals surface area contributed by atoms with Crippen molar-refractivity contribution in [2.24, 2.45) is 0 Å². The number of hydrogen-bond acceptors (Lipinski definition) is 3. The Labute approximate surface area is 126 Å². The number of fused-ring (bicyclic) bond motifs is 1. The van der Waals surface area contributed by atoms with Gasteiger partial charge >= 0.3 is 0 Å². The third-order valence-corrected chi connectivity index (χ3v) is 3.69. The monoisotopic (exact) mass is 303 g/mol. The Balaban J connectivity index is 1.77.